The van der Waals surface area contributed by atoms with E-state index in [9.17, 15) is 8.78 Å². The first kappa shape index (κ1) is 13.4. The summed E-state index contributed by atoms with van der Waals surface area (Å²) in [6, 6.07) is 3.81. The molecular formula is C14H20F2N2. The van der Waals surface area contributed by atoms with Gasteiger partial charge in [-0.3, -0.25) is 0 Å². The minimum absolute atomic E-state index is 0.338. The molecule has 0 aliphatic carbocycles. The Balaban J connectivity index is 1.95. The van der Waals surface area contributed by atoms with Crippen molar-refractivity contribution in [1.29, 1.82) is 0 Å². The summed E-state index contributed by atoms with van der Waals surface area (Å²) in [4.78, 5) is 0. The molecule has 1 heterocycles. The SMILES string of the molecule is CC(C)(CNCC1CNC1)c1ccc(F)cc1F. The van der Waals surface area contributed by atoms with Crippen molar-refractivity contribution in [3.63, 3.8) is 0 Å². The predicted molar refractivity (Wildman–Crippen MR) is 68.6 cm³/mol. The molecule has 0 saturated carbocycles. The van der Waals surface area contributed by atoms with E-state index in [1.54, 1.807) is 0 Å². The second-order valence-corrected chi connectivity index (χ2v) is 5.66. The van der Waals surface area contributed by atoms with Crippen LogP contribution in [-0.2, 0) is 5.41 Å². The highest BCUT2D eigenvalue weighted by atomic mass is 19.1. The molecule has 0 radical (unpaired) electrons. The summed E-state index contributed by atoms with van der Waals surface area (Å²) in [5, 5.41) is 6.58. The van der Waals surface area contributed by atoms with Gasteiger partial charge in [-0.1, -0.05) is 19.9 Å². The quantitative estimate of drug-likeness (QED) is 0.840. The molecule has 1 aliphatic rings. The lowest BCUT2D eigenvalue weighted by molar-refractivity contribution is 0.318. The van der Waals surface area contributed by atoms with E-state index in [-0.39, 0.29) is 5.41 Å². The Kier molecular flexibility index (Phi) is 3.97. The monoisotopic (exact) mass is 254 g/mol. The van der Waals surface area contributed by atoms with Gasteiger partial charge in [0.05, 0.1) is 0 Å². The topological polar surface area (TPSA) is 24.1 Å². The fourth-order valence-corrected chi connectivity index (χ4v) is 2.22. The molecule has 0 bridgehead atoms. The lowest BCUT2D eigenvalue weighted by Gasteiger charge is -2.31. The highest BCUT2D eigenvalue weighted by Gasteiger charge is 2.25. The number of nitrogens with one attached hydrogen (secondary N) is 2. The molecule has 1 aliphatic heterocycles. The van der Waals surface area contributed by atoms with E-state index in [1.165, 1.54) is 12.1 Å². The van der Waals surface area contributed by atoms with E-state index in [0.717, 1.165) is 25.7 Å². The van der Waals surface area contributed by atoms with Gasteiger partial charge in [0.1, 0.15) is 11.6 Å². The molecule has 100 valence electrons. The van der Waals surface area contributed by atoms with E-state index >= 15 is 0 Å². The minimum Gasteiger partial charge on any atom is -0.316 e. The van der Waals surface area contributed by atoms with Crippen molar-refractivity contribution >= 4 is 0 Å². The van der Waals surface area contributed by atoms with Gasteiger partial charge >= 0.3 is 0 Å². The zero-order valence-corrected chi connectivity index (χ0v) is 10.9. The van der Waals surface area contributed by atoms with Gasteiger partial charge in [-0.05, 0) is 17.5 Å². The summed E-state index contributed by atoms with van der Waals surface area (Å²) in [6.07, 6.45) is 0. The molecule has 0 atom stereocenters. The van der Waals surface area contributed by atoms with E-state index in [1.807, 2.05) is 13.8 Å². The van der Waals surface area contributed by atoms with E-state index in [4.69, 9.17) is 0 Å². The average Bonchev–Trinajstić information content (AvgIpc) is 2.21. The van der Waals surface area contributed by atoms with Gasteiger partial charge in [0.15, 0.2) is 0 Å². The van der Waals surface area contributed by atoms with Crippen LogP contribution in [0, 0.1) is 17.6 Å². The average molecular weight is 254 g/mol. The van der Waals surface area contributed by atoms with Crippen LogP contribution in [-0.4, -0.2) is 26.2 Å². The first-order valence-corrected chi connectivity index (χ1v) is 6.36. The lowest BCUT2D eigenvalue weighted by Crippen LogP contribution is -2.48. The molecule has 0 spiro atoms. The molecule has 0 amide bonds. The minimum atomic E-state index is -0.527. The van der Waals surface area contributed by atoms with Gasteiger partial charge in [-0.15, -0.1) is 0 Å². The van der Waals surface area contributed by atoms with Crippen molar-refractivity contribution in [2.45, 2.75) is 19.3 Å². The number of rotatable bonds is 5. The molecule has 0 unspecified atom stereocenters. The van der Waals surface area contributed by atoms with Crippen LogP contribution >= 0.6 is 0 Å². The molecule has 18 heavy (non-hydrogen) atoms. The Morgan fingerprint density at radius 1 is 1.33 bits per heavy atom. The van der Waals surface area contributed by atoms with Crippen LogP contribution in [0.4, 0.5) is 8.78 Å². The zero-order valence-electron chi connectivity index (χ0n) is 10.9. The molecule has 1 aromatic carbocycles. The number of benzene rings is 1. The summed E-state index contributed by atoms with van der Waals surface area (Å²) in [7, 11) is 0. The first-order valence-electron chi connectivity index (χ1n) is 6.36. The Labute approximate surface area is 107 Å². The van der Waals surface area contributed by atoms with Crippen molar-refractivity contribution in [2.24, 2.45) is 5.92 Å². The molecule has 4 heteroatoms. The fraction of sp³-hybridized carbons (Fsp3) is 0.571. The summed E-state index contributed by atoms with van der Waals surface area (Å²) in [5.74, 6) is -0.313. The lowest BCUT2D eigenvalue weighted by atomic mass is 9.84. The molecule has 2 N–H and O–H groups in total. The van der Waals surface area contributed by atoms with Gasteiger partial charge in [0, 0.05) is 37.7 Å². The van der Waals surface area contributed by atoms with Gasteiger partial charge in [-0.2, -0.15) is 0 Å². The van der Waals surface area contributed by atoms with E-state index in [2.05, 4.69) is 10.6 Å². The molecule has 1 aromatic rings. The van der Waals surface area contributed by atoms with Crippen molar-refractivity contribution in [1.82, 2.24) is 10.6 Å². The molecule has 0 aromatic heterocycles. The van der Waals surface area contributed by atoms with Gasteiger partial charge in [-0.25, -0.2) is 8.78 Å². The van der Waals surface area contributed by atoms with Crippen molar-refractivity contribution in [3.8, 4) is 0 Å². The van der Waals surface area contributed by atoms with Crippen LogP contribution in [0.5, 0.6) is 0 Å². The second kappa shape index (κ2) is 5.33. The van der Waals surface area contributed by atoms with Crippen LogP contribution in [0.3, 0.4) is 0 Å². The Bertz CT molecular complexity index is 414. The maximum absolute atomic E-state index is 13.7. The van der Waals surface area contributed by atoms with Crippen molar-refractivity contribution in [2.75, 3.05) is 26.2 Å². The summed E-state index contributed by atoms with van der Waals surface area (Å²) >= 11 is 0. The highest BCUT2D eigenvalue weighted by Crippen LogP contribution is 2.25. The normalized spacial score (nSPS) is 16.7. The maximum atomic E-state index is 13.7. The Hall–Kier alpha value is -1.00. The van der Waals surface area contributed by atoms with Crippen LogP contribution < -0.4 is 10.6 Å². The molecule has 1 saturated heterocycles. The van der Waals surface area contributed by atoms with Gasteiger partial charge in [0.25, 0.3) is 0 Å². The maximum Gasteiger partial charge on any atom is 0.129 e. The van der Waals surface area contributed by atoms with Crippen LogP contribution in [0.25, 0.3) is 0 Å². The van der Waals surface area contributed by atoms with Crippen LogP contribution in [0.1, 0.15) is 19.4 Å². The third-order valence-corrected chi connectivity index (χ3v) is 3.53. The summed E-state index contributed by atoms with van der Waals surface area (Å²) < 4.78 is 26.6. The third-order valence-electron chi connectivity index (χ3n) is 3.53. The molecule has 1 fully saturated rings. The highest BCUT2D eigenvalue weighted by molar-refractivity contribution is 5.26. The van der Waals surface area contributed by atoms with Gasteiger partial charge < -0.3 is 10.6 Å². The van der Waals surface area contributed by atoms with Crippen molar-refractivity contribution in [3.05, 3.63) is 35.4 Å². The smallest absolute Gasteiger partial charge is 0.129 e. The second-order valence-electron chi connectivity index (χ2n) is 5.66. The first-order chi connectivity index (χ1) is 8.49. The predicted octanol–water partition coefficient (Wildman–Crippen LogP) is 2.05. The van der Waals surface area contributed by atoms with Crippen LogP contribution in [0.15, 0.2) is 18.2 Å². The molecule has 2 nitrogen and oxygen atoms in total. The zero-order chi connectivity index (χ0) is 13.2. The van der Waals surface area contributed by atoms with Gasteiger partial charge in [0.2, 0.25) is 0 Å². The molecular weight excluding hydrogens is 234 g/mol. The number of hydrogen-bond acceptors (Lipinski definition) is 2. The van der Waals surface area contributed by atoms with Crippen molar-refractivity contribution < 1.29 is 8.78 Å². The fourth-order valence-electron chi connectivity index (χ4n) is 2.22. The number of halogens is 2. The third kappa shape index (κ3) is 3.06. The van der Waals surface area contributed by atoms with E-state index in [0.29, 0.717) is 18.0 Å². The molecule has 2 rings (SSSR count). The standard InChI is InChI=1S/C14H20F2N2/c1-14(2,9-18-8-10-6-17-7-10)12-4-3-11(15)5-13(12)16/h3-5,10,17-18H,6-9H2,1-2H3. The van der Waals surface area contributed by atoms with Crippen LogP contribution in [0.2, 0.25) is 0 Å². The number of hydrogen-bond donors (Lipinski definition) is 2. The summed E-state index contributed by atoms with van der Waals surface area (Å²) in [5.41, 5.74) is 0.220. The largest absolute Gasteiger partial charge is 0.316 e. The Morgan fingerprint density at radius 2 is 2.06 bits per heavy atom. The van der Waals surface area contributed by atoms with E-state index < -0.39 is 11.6 Å². The summed E-state index contributed by atoms with van der Waals surface area (Å²) in [6.45, 7) is 7.67. The Morgan fingerprint density at radius 3 is 2.61 bits per heavy atom.